The van der Waals surface area contributed by atoms with Crippen LogP contribution in [0.2, 0.25) is 0 Å². The molecule has 0 aromatic heterocycles. The second-order valence-electron chi connectivity index (χ2n) is 3.70. The number of benzene rings is 1. The number of carbonyl (C=O) groups is 2. The molecular formula is C14H15BrO3. The topological polar surface area (TPSA) is 43.4 Å². The molecule has 0 spiro atoms. The first kappa shape index (κ1) is 14.6. The van der Waals surface area contributed by atoms with E-state index >= 15 is 0 Å². The van der Waals surface area contributed by atoms with E-state index in [4.69, 9.17) is 4.74 Å². The Bertz CT molecular complexity index is 466. The average molecular weight is 311 g/mol. The fraction of sp³-hybridized carbons (Fsp3) is 0.286. The van der Waals surface area contributed by atoms with Gasteiger partial charge < -0.3 is 4.74 Å². The Kier molecular flexibility index (Phi) is 5.78. The summed E-state index contributed by atoms with van der Waals surface area (Å²) in [5.41, 5.74) is 1.49. The van der Waals surface area contributed by atoms with Crippen LogP contribution < -0.4 is 0 Å². The van der Waals surface area contributed by atoms with Gasteiger partial charge in [0.1, 0.15) is 6.42 Å². The number of allylic oxidation sites excluding steroid dienone is 1. The Morgan fingerprint density at radius 1 is 1.44 bits per heavy atom. The zero-order valence-corrected chi connectivity index (χ0v) is 11.8. The highest BCUT2D eigenvalue weighted by molar-refractivity contribution is 9.10. The van der Waals surface area contributed by atoms with E-state index in [1.54, 1.807) is 31.2 Å². The van der Waals surface area contributed by atoms with Crippen molar-refractivity contribution in [2.75, 3.05) is 6.61 Å². The van der Waals surface area contributed by atoms with E-state index in [0.29, 0.717) is 12.0 Å². The maximum Gasteiger partial charge on any atom is 0.313 e. The number of carbonyl (C=O) groups excluding carboxylic acids is 2. The lowest BCUT2D eigenvalue weighted by Gasteiger charge is -2.05. The maximum absolute atomic E-state index is 11.9. The highest BCUT2D eigenvalue weighted by Crippen LogP contribution is 2.20. The fourth-order valence-electron chi connectivity index (χ4n) is 1.51. The van der Waals surface area contributed by atoms with Gasteiger partial charge in [0.25, 0.3) is 0 Å². The van der Waals surface area contributed by atoms with Gasteiger partial charge in [-0.2, -0.15) is 0 Å². The van der Waals surface area contributed by atoms with Gasteiger partial charge >= 0.3 is 5.97 Å². The van der Waals surface area contributed by atoms with E-state index < -0.39 is 5.97 Å². The van der Waals surface area contributed by atoms with Crippen LogP contribution in [0.5, 0.6) is 0 Å². The molecule has 0 atom stereocenters. The lowest BCUT2D eigenvalue weighted by molar-refractivity contribution is -0.141. The van der Waals surface area contributed by atoms with Gasteiger partial charge in [0.2, 0.25) is 0 Å². The van der Waals surface area contributed by atoms with Crippen molar-refractivity contribution in [3.8, 4) is 0 Å². The Morgan fingerprint density at radius 3 is 2.78 bits per heavy atom. The molecule has 0 unspecified atom stereocenters. The molecule has 0 saturated carbocycles. The van der Waals surface area contributed by atoms with Crippen LogP contribution in [0.25, 0.3) is 0 Å². The van der Waals surface area contributed by atoms with Crippen LogP contribution in [0.3, 0.4) is 0 Å². The second-order valence-corrected chi connectivity index (χ2v) is 4.56. The maximum atomic E-state index is 11.9. The number of Topliss-reactive ketones (excluding diaryl/α,β-unsaturated/α-hetero) is 1. The van der Waals surface area contributed by atoms with Crippen LogP contribution in [0.15, 0.2) is 35.3 Å². The van der Waals surface area contributed by atoms with Crippen molar-refractivity contribution in [3.63, 3.8) is 0 Å². The molecule has 0 saturated heterocycles. The van der Waals surface area contributed by atoms with Crippen molar-refractivity contribution < 1.29 is 14.3 Å². The molecule has 0 aliphatic carbocycles. The van der Waals surface area contributed by atoms with Crippen molar-refractivity contribution in [1.29, 1.82) is 0 Å². The van der Waals surface area contributed by atoms with Crippen LogP contribution in [0, 0.1) is 0 Å². The minimum atomic E-state index is -0.490. The highest BCUT2D eigenvalue weighted by atomic mass is 79.9. The van der Waals surface area contributed by atoms with Crippen molar-refractivity contribution >= 4 is 27.7 Å². The van der Waals surface area contributed by atoms with E-state index in [2.05, 4.69) is 22.5 Å². The summed E-state index contributed by atoms with van der Waals surface area (Å²) in [4.78, 5) is 23.1. The minimum Gasteiger partial charge on any atom is -0.466 e. The molecule has 96 valence electrons. The Morgan fingerprint density at radius 2 is 2.17 bits per heavy atom. The first-order valence-electron chi connectivity index (χ1n) is 5.66. The molecule has 0 bridgehead atoms. The number of hydrogen-bond donors (Lipinski definition) is 0. The summed E-state index contributed by atoms with van der Waals surface area (Å²) in [6.45, 7) is 5.66. The monoisotopic (exact) mass is 310 g/mol. The first-order valence-corrected chi connectivity index (χ1v) is 6.46. The zero-order valence-electron chi connectivity index (χ0n) is 10.2. The molecule has 1 aromatic rings. The molecule has 18 heavy (non-hydrogen) atoms. The predicted octanol–water partition coefficient (Wildman–Crippen LogP) is 3.31. The van der Waals surface area contributed by atoms with Gasteiger partial charge in [0.15, 0.2) is 5.78 Å². The predicted molar refractivity (Wildman–Crippen MR) is 73.6 cm³/mol. The molecule has 0 aliphatic rings. The first-order chi connectivity index (χ1) is 8.58. The van der Waals surface area contributed by atoms with E-state index in [-0.39, 0.29) is 18.8 Å². The van der Waals surface area contributed by atoms with Crippen LogP contribution >= 0.6 is 15.9 Å². The number of rotatable bonds is 6. The quantitative estimate of drug-likeness (QED) is 0.350. The SMILES string of the molecule is C=CCc1cc(C(=O)CC(=O)OCC)ccc1Br. The number of halogens is 1. The van der Waals surface area contributed by atoms with Crippen LogP contribution in [0.1, 0.15) is 29.3 Å². The van der Waals surface area contributed by atoms with Gasteiger partial charge in [-0.25, -0.2) is 0 Å². The van der Waals surface area contributed by atoms with E-state index in [0.717, 1.165) is 10.0 Å². The van der Waals surface area contributed by atoms with Crippen molar-refractivity contribution in [2.45, 2.75) is 19.8 Å². The third kappa shape index (κ3) is 4.11. The lowest BCUT2D eigenvalue weighted by Crippen LogP contribution is -2.11. The van der Waals surface area contributed by atoms with Gasteiger partial charge in [-0.3, -0.25) is 9.59 Å². The summed E-state index contributed by atoms with van der Waals surface area (Å²) in [7, 11) is 0. The standard InChI is InChI=1S/C14H15BrO3/c1-3-5-10-8-11(6-7-12(10)15)13(16)9-14(17)18-4-2/h3,6-8H,1,4-5,9H2,2H3. The van der Waals surface area contributed by atoms with Crippen LogP contribution in [-0.2, 0) is 16.0 Å². The smallest absolute Gasteiger partial charge is 0.313 e. The number of ether oxygens (including phenoxy) is 1. The third-order valence-electron chi connectivity index (χ3n) is 2.34. The van der Waals surface area contributed by atoms with Gasteiger partial charge in [0.05, 0.1) is 6.61 Å². The van der Waals surface area contributed by atoms with Gasteiger partial charge in [-0.05, 0) is 31.0 Å². The molecule has 0 amide bonds. The molecule has 4 heteroatoms. The molecule has 0 N–H and O–H groups in total. The molecule has 1 rings (SSSR count). The van der Waals surface area contributed by atoms with Gasteiger partial charge in [-0.15, -0.1) is 6.58 Å². The molecule has 3 nitrogen and oxygen atoms in total. The molecule has 0 heterocycles. The summed E-state index contributed by atoms with van der Waals surface area (Å²) >= 11 is 3.41. The van der Waals surface area contributed by atoms with E-state index in [9.17, 15) is 9.59 Å². The Labute approximate surface area is 115 Å². The van der Waals surface area contributed by atoms with E-state index in [1.165, 1.54) is 0 Å². The van der Waals surface area contributed by atoms with Crippen molar-refractivity contribution in [2.24, 2.45) is 0 Å². The van der Waals surface area contributed by atoms with Crippen LogP contribution in [0.4, 0.5) is 0 Å². The molecule has 0 aliphatic heterocycles. The highest BCUT2D eigenvalue weighted by Gasteiger charge is 2.13. The van der Waals surface area contributed by atoms with Crippen molar-refractivity contribution in [1.82, 2.24) is 0 Å². The minimum absolute atomic E-state index is 0.219. The third-order valence-corrected chi connectivity index (χ3v) is 3.12. The summed E-state index contributed by atoms with van der Waals surface area (Å²) < 4.78 is 5.68. The molecule has 0 radical (unpaired) electrons. The molecule has 0 fully saturated rings. The largest absolute Gasteiger partial charge is 0.466 e. The van der Waals surface area contributed by atoms with E-state index in [1.807, 2.05) is 0 Å². The second kappa shape index (κ2) is 7.11. The lowest BCUT2D eigenvalue weighted by atomic mass is 10.0. The Balaban J connectivity index is 2.83. The number of esters is 1. The fourth-order valence-corrected chi connectivity index (χ4v) is 1.91. The average Bonchev–Trinajstić information content (AvgIpc) is 2.32. The normalized spacial score (nSPS) is 9.89. The number of ketones is 1. The summed E-state index contributed by atoms with van der Waals surface area (Å²) in [6.07, 6.45) is 2.21. The van der Waals surface area contributed by atoms with Crippen molar-refractivity contribution in [3.05, 3.63) is 46.5 Å². The molecule has 1 aromatic carbocycles. The van der Waals surface area contributed by atoms with Gasteiger partial charge in [-0.1, -0.05) is 28.1 Å². The summed E-state index contributed by atoms with van der Waals surface area (Å²) in [5, 5.41) is 0. The number of hydrogen-bond acceptors (Lipinski definition) is 3. The summed E-state index contributed by atoms with van der Waals surface area (Å²) in [6, 6.07) is 5.27. The molecular weight excluding hydrogens is 296 g/mol. The van der Waals surface area contributed by atoms with Gasteiger partial charge in [0, 0.05) is 10.0 Å². The van der Waals surface area contributed by atoms with Crippen LogP contribution in [-0.4, -0.2) is 18.4 Å². The summed E-state index contributed by atoms with van der Waals surface area (Å²) in [5.74, 6) is -0.720. The Hall–Kier alpha value is -1.42. The zero-order chi connectivity index (χ0) is 13.5.